The zero-order valence-electron chi connectivity index (χ0n) is 4.00. The highest BCUT2D eigenvalue weighted by Crippen LogP contribution is 1.99. The Morgan fingerprint density at radius 1 is 1.88 bits per heavy atom. The van der Waals surface area contributed by atoms with Crippen LogP contribution < -0.4 is 4.83 Å². The lowest BCUT2D eigenvalue weighted by Gasteiger charge is -1.97. The summed E-state index contributed by atoms with van der Waals surface area (Å²) in [5.74, 6) is 0. The van der Waals surface area contributed by atoms with Gasteiger partial charge in [-0.25, -0.2) is 4.83 Å². The normalized spacial score (nSPS) is 16.8. The second-order valence-electron chi connectivity index (χ2n) is 1.17. The summed E-state index contributed by atoms with van der Waals surface area (Å²) in [4.78, 5) is 12.5. The molecule has 0 fully saturated rings. The highest BCUT2D eigenvalue weighted by molar-refractivity contribution is 8.00. The lowest BCUT2D eigenvalue weighted by molar-refractivity contribution is -0.102. The average Bonchev–Trinajstić information content (AvgIpc) is 1.90. The van der Waals surface area contributed by atoms with Gasteiger partial charge in [0, 0.05) is 0 Å². The van der Waals surface area contributed by atoms with Crippen molar-refractivity contribution in [1.82, 2.24) is 4.83 Å². The van der Waals surface area contributed by atoms with Gasteiger partial charge in [0.15, 0.2) is 6.29 Å². The van der Waals surface area contributed by atoms with Gasteiger partial charge >= 0.3 is 0 Å². The van der Waals surface area contributed by atoms with E-state index in [-0.39, 0.29) is 0 Å². The van der Waals surface area contributed by atoms with E-state index < -0.39 is 0 Å². The number of hydrogen-bond acceptors (Lipinski definition) is 4. The van der Waals surface area contributed by atoms with Gasteiger partial charge in [-0.3, -0.25) is 4.79 Å². The van der Waals surface area contributed by atoms with Crippen molar-refractivity contribution in [2.45, 2.75) is 0 Å². The number of carbonyl (C=O) groups excluding carboxylic acids is 1. The van der Waals surface area contributed by atoms with Gasteiger partial charge in [-0.2, -0.15) is 5.10 Å². The van der Waals surface area contributed by atoms with E-state index in [1.165, 1.54) is 11.9 Å². The summed E-state index contributed by atoms with van der Waals surface area (Å²) in [6.45, 7) is 0. The standard InChI is InChI=1S/C4H4N2OS/c7-3-4-1-2-8-6-5-4/h1-3,6H. The topological polar surface area (TPSA) is 41.5 Å². The molecule has 0 unspecified atom stereocenters. The smallest absolute Gasteiger partial charge is 0.170 e. The van der Waals surface area contributed by atoms with Crippen LogP contribution in [0, 0.1) is 0 Å². The largest absolute Gasteiger partial charge is 0.296 e. The highest BCUT2D eigenvalue weighted by Gasteiger charge is 1.92. The minimum atomic E-state index is 0.434. The monoisotopic (exact) mass is 128 g/mol. The summed E-state index contributed by atoms with van der Waals surface area (Å²) in [6.07, 6.45) is 2.34. The molecule has 0 atom stereocenters. The van der Waals surface area contributed by atoms with Crippen LogP contribution in [0.25, 0.3) is 0 Å². The minimum absolute atomic E-state index is 0.434. The number of rotatable bonds is 1. The summed E-state index contributed by atoms with van der Waals surface area (Å²) in [6, 6.07) is 0. The molecule has 4 heteroatoms. The van der Waals surface area contributed by atoms with Crippen molar-refractivity contribution in [3.63, 3.8) is 0 Å². The van der Waals surface area contributed by atoms with E-state index in [1.807, 2.05) is 0 Å². The Kier molecular flexibility index (Phi) is 1.69. The zero-order valence-corrected chi connectivity index (χ0v) is 4.81. The molecule has 0 saturated heterocycles. The van der Waals surface area contributed by atoms with E-state index in [9.17, 15) is 4.79 Å². The first-order valence-electron chi connectivity index (χ1n) is 2.03. The van der Waals surface area contributed by atoms with Crippen LogP contribution in [0.2, 0.25) is 0 Å². The van der Waals surface area contributed by atoms with Crippen LogP contribution in [-0.2, 0) is 4.79 Å². The molecule has 8 heavy (non-hydrogen) atoms. The third-order valence-corrected chi connectivity index (χ3v) is 1.12. The van der Waals surface area contributed by atoms with Crippen molar-refractivity contribution in [1.29, 1.82) is 0 Å². The van der Waals surface area contributed by atoms with Crippen molar-refractivity contribution in [2.24, 2.45) is 5.10 Å². The lowest BCUT2D eigenvalue weighted by atomic mass is 10.4. The van der Waals surface area contributed by atoms with Crippen LogP contribution in [0.5, 0.6) is 0 Å². The van der Waals surface area contributed by atoms with Crippen molar-refractivity contribution < 1.29 is 4.79 Å². The third-order valence-electron chi connectivity index (χ3n) is 0.655. The van der Waals surface area contributed by atoms with E-state index >= 15 is 0 Å². The Balaban J connectivity index is 2.64. The second kappa shape index (κ2) is 2.52. The predicted molar refractivity (Wildman–Crippen MR) is 33.4 cm³/mol. The maximum absolute atomic E-state index is 9.93. The van der Waals surface area contributed by atoms with Crippen LogP contribution in [0.3, 0.4) is 0 Å². The fourth-order valence-corrected chi connectivity index (χ4v) is 0.743. The number of allylic oxidation sites excluding steroid dienone is 1. The fraction of sp³-hybridized carbons (Fsp3) is 0. The van der Waals surface area contributed by atoms with Gasteiger partial charge in [0.2, 0.25) is 0 Å². The first kappa shape index (κ1) is 5.37. The van der Waals surface area contributed by atoms with Crippen molar-refractivity contribution in [3.8, 4) is 0 Å². The van der Waals surface area contributed by atoms with Crippen molar-refractivity contribution in [2.75, 3.05) is 0 Å². The fourth-order valence-electron chi connectivity index (χ4n) is 0.316. The van der Waals surface area contributed by atoms with Crippen LogP contribution >= 0.6 is 11.9 Å². The zero-order chi connectivity index (χ0) is 5.82. The van der Waals surface area contributed by atoms with Crippen LogP contribution in [0.4, 0.5) is 0 Å². The maximum Gasteiger partial charge on any atom is 0.170 e. The van der Waals surface area contributed by atoms with Gasteiger partial charge in [-0.05, 0) is 23.4 Å². The van der Waals surface area contributed by atoms with Gasteiger partial charge in [0.25, 0.3) is 0 Å². The van der Waals surface area contributed by atoms with Crippen molar-refractivity contribution >= 4 is 23.9 Å². The van der Waals surface area contributed by atoms with Crippen LogP contribution in [-0.4, -0.2) is 12.0 Å². The Labute approximate surface area is 51.0 Å². The first-order valence-corrected chi connectivity index (χ1v) is 2.91. The number of hydrazone groups is 1. The van der Waals surface area contributed by atoms with E-state index in [4.69, 9.17) is 0 Å². The number of hydrogen-bond donors (Lipinski definition) is 1. The molecule has 3 nitrogen and oxygen atoms in total. The van der Waals surface area contributed by atoms with Gasteiger partial charge < -0.3 is 0 Å². The maximum atomic E-state index is 9.93. The van der Waals surface area contributed by atoms with E-state index in [0.717, 1.165) is 0 Å². The lowest BCUT2D eigenvalue weighted by Crippen LogP contribution is -2.04. The molecule has 0 amide bonds. The Morgan fingerprint density at radius 3 is 3.12 bits per heavy atom. The van der Waals surface area contributed by atoms with Crippen LogP contribution in [0.1, 0.15) is 0 Å². The molecule has 1 N–H and O–H groups in total. The Morgan fingerprint density at radius 2 is 2.75 bits per heavy atom. The molecule has 0 aromatic carbocycles. The van der Waals surface area contributed by atoms with Gasteiger partial charge in [-0.15, -0.1) is 0 Å². The highest BCUT2D eigenvalue weighted by atomic mass is 32.2. The summed E-state index contributed by atoms with van der Waals surface area (Å²) in [5, 5.41) is 5.38. The molecule has 0 bridgehead atoms. The Bertz CT molecular complexity index is 152. The van der Waals surface area contributed by atoms with Crippen molar-refractivity contribution in [3.05, 3.63) is 11.5 Å². The predicted octanol–water partition coefficient (Wildman–Crippen LogP) is 0.306. The molecule has 1 aliphatic heterocycles. The molecule has 1 aliphatic rings. The summed E-state index contributed by atoms with van der Waals surface area (Å²) in [7, 11) is 0. The van der Waals surface area contributed by atoms with Gasteiger partial charge in [0.1, 0.15) is 5.71 Å². The van der Waals surface area contributed by atoms with Gasteiger partial charge in [0.05, 0.1) is 0 Å². The summed E-state index contributed by atoms with van der Waals surface area (Å²) < 4.78 is 0. The SMILES string of the molecule is O=CC1=NNSC=C1. The number of nitrogens with zero attached hydrogens (tertiary/aromatic N) is 1. The molecule has 0 aliphatic carbocycles. The molecule has 42 valence electrons. The molecule has 1 rings (SSSR count). The third kappa shape index (κ3) is 1.10. The molecule has 1 heterocycles. The molecule has 0 spiro atoms. The molecular formula is C4H4N2OS. The molecular weight excluding hydrogens is 124 g/mol. The molecule has 0 aromatic heterocycles. The number of aldehydes is 1. The molecule has 0 aromatic rings. The quantitative estimate of drug-likeness (QED) is 0.408. The number of nitrogens with one attached hydrogen (secondary N) is 1. The van der Waals surface area contributed by atoms with E-state index in [1.54, 1.807) is 11.5 Å². The molecule has 0 radical (unpaired) electrons. The van der Waals surface area contributed by atoms with E-state index in [2.05, 4.69) is 9.93 Å². The van der Waals surface area contributed by atoms with E-state index in [0.29, 0.717) is 12.0 Å². The minimum Gasteiger partial charge on any atom is -0.296 e. The van der Waals surface area contributed by atoms with Crippen LogP contribution in [0.15, 0.2) is 16.6 Å². The Hall–Kier alpha value is -0.770. The summed E-state index contributed by atoms with van der Waals surface area (Å²) >= 11 is 1.34. The second-order valence-corrected chi connectivity index (χ2v) is 1.86. The molecule has 0 saturated carbocycles. The number of carbonyl (C=O) groups is 1. The van der Waals surface area contributed by atoms with Gasteiger partial charge in [-0.1, -0.05) is 0 Å². The first-order chi connectivity index (χ1) is 3.93. The summed E-state index contributed by atoms with van der Waals surface area (Å²) in [5.41, 5.74) is 0.434. The average molecular weight is 128 g/mol.